The van der Waals surface area contributed by atoms with E-state index in [1.807, 2.05) is 5.38 Å². The maximum atomic E-state index is 10.4. The summed E-state index contributed by atoms with van der Waals surface area (Å²) >= 11 is 1.45. The van der Waals surface area contributed by atoms with Crippen LogP contribution in [0.5, 0.6) is 28.7 Å². The molecule has 1 saturated carbocycles. The largest absolute Gasteiger partial charge is 0.508 e. The van der Waals surface area contributed by atoms with Crippen molar-refractivity contribution in [3.05, 3.63) is 46.1 Å². The molecule has 0 unspecified atom stereocenters. The van der Waals surface area contributed by atoms with Crippen LogP contribution in [-0.2, 0) is 0 Å². The van der Waals surface area contributed by atoms with Crippen molar-refractivity contribution in [3.8, 4) is 40.0 Å². The van der Waals surface area contributed by atoms with Gasteiger partial charge in [0.1, 0.15) is 11.5 Å². The van der Waals surface area contributed by atoms with Gasteiger partial charge in [0.25, 0.3) is 0 Å². The summed E-state index contributed by atoms with van der Waals surface area (Å²) < 4.78 is 17.9. The van der Waals surface area contributed by atoms with E-state index in [-0.39, 0.29) is 11.5 Å². The van der Waals surface area contributed by atoms with E-state index in [0.29, 0.717) is 34.5 Å². The zero-order valence-electron chi connectivity index (χ0n) is 17.4. The minimum atomic E-state index is -0.0347. The van der Waals surface area contributed by atoms with E-state index in [1.165, 1.54) is 23.5 Å². The number of nitrogens with zero attached hydrogens (tertiary/aromatic N) is 3. The minimum absolute atomic E-state index is 0.00755. The molecule has 0 atom stereocenters. The summed E-state index contributed by atoms with van der Waals surface area (Å²) in [5.41, 5.74) is 1.96. The van der Waals surface area contributed by atoms with Crippen molar-refractivity contribution in [1.82, 2.24) is 4.68 Å². The van der Waals surface area contributed by atoms with E-state index in [2.05, 4.69) is 5.10 Å². The van der Waals surface area contributed by atoms with Gasteiger partial charge in [0.2, 0.25) is 10.6 Å². The topological polar surface area (TPSA) is 97.8 Å². The van der Waals surface area contributed by atoms with Crippen molar-refractivity contribution in [3.63, 3.8) is 0 Å². The van der Waals surface area contributed by atoms with Crippen LogP contribution in [-0.4, -0.2) is 48.5 Å². The first-order chi connectivity index (χ1) is 15.0. The lowest BCUT2D eigenvalue weighted by atomic mass is 10.1. The number of phenols is 2. The van der Waals surface area contributed by atoms with Crippen LogP contribution in [0, 0.1) is 0 Å². The van der Waals surface area contributed by atoms with Gasteiger partial charge >= 0.3 is 0 Å². The Balaban J connectivity index is 1.81. The zero-order valence-corrected chi connectivity index (χ0v) is 18.2. The number of methoxy groups -OCH3 is 3. The van der Waals surface area contributed by atoms with Crippen LogP contribution in [0.1, 0.15) is 18.4 Å². The van der Waals surface area contributed by atoms with Crippen LogP contribution in [0.2, 0.25) is 0 Å². The summed E-state index contributed by atoms with van der Waals surface area (Å²) in [5, 5.41) is 26.5. The predicted octanol–water partition coefficient (Wildman–Crippen LogP) is 3.60. The second-order valence-corrected chi connectivity index (χ2v) is 7.82. The van der Waals surface area contributed by atoms with Crippen LogP contribution >= 0.6 is 11.3 Å². The van der Waals surface area contributed by atoms with Crippen molar-refractivity contribution < 1.29 is 24.4 Å². The molecular formula is C22H23N3O5S. The summed E-state index contributed by atoms with van der Waals surface area (Å²) in [6.07, 6.45) is 3.80. The lowest BCUT2D eigenvalue weighted by molar-refractivity contribution is 0.324. The molecule has 1 aliphatic carbocycles. The molecule has 0 aliphatic heterocycles. The maximum absolute atomic E-state index is 10.4. The van der Waals surface area contributed by atoms with Crippen molar-refractivity contribution in [1.29, 1.82) is 0 Å². The molecule has 0 spiro atoms. The highest BCUT2D eigenvalue weighted by Crippen LogP contribution is 2.38. The van der Waals surface area contributed by atoms with Gasteiger partial charge in [-0.15, -0.1) is 11.3 Å². The lowest BCUT2D eigenvalue weighted by Gasteiger charge is -2.12. The highest BCUT2D eigenvalue weighted by atomic mass is 32.1. The monoisotopic (exact) mass is 441 g/mol. The normalized spacial score (nSPS) is 14.2. The zero-order chi connectivity index (χ0) is 22.0. The van der Waals surface area contributed by atoms with E-state index in [1.54, 1.807) is 50.4 Å². The summed E-state index contributed by atoms with van der Waals surface area (Å²) in [6.45, 7) is 0. The molecule has 8 nitrogen and oxygen atoms in total. The van der Waals surface area contributed by atoms with E-state index in [0.717, 1.165) is 23.2 Å². The lowest BCUT2D eigenvalue weighted by Crippen LogP contribution is -2.13. The first-order valence-corrected chi connectivity index (χ1v) is 10.5. The number of aromatic nitrogens is 1. The number of ether oxygens (including phenoxy) is 3. The molecular weight excluding hydrogens is 418 g/mol. The Morgan fingerprint density at radius 2 is 1.74 bits per heavy atom. The Morgan fingerprint density at radius 3 is 2.32 bits per heavy atom. The smallest absolute Gasteiger partial charge is 0.206 e. The molecule has 2 N–H and O–H groups in total. The van der Waals surface area contributed by atoms with Crippen LogP contribution in [0.4, 0.5) is 0 Å². The number of rotatable bonds is 7. The fraction of sp³-hybridized carbons (Fsp3) is 0.273. The summed E-state index contributed by atoms with van der Waals surface area (Å²) in [4.78, 5) is 5.47. The first kappa shape index (κ1) is 20.8. The molecule has 1 aliphatic rings. The molecule has 1 heterocycles. The molecule has 0 bridgehead atoms. The van der Waals surface area contributed by atoms with Gasteiger partial charge in [-0.25, -0.2) is 4.68 Å². The average Bonchev–Trinajstić information content (AvgIpc) is 3.50. The third-order valence-electron chi connectivity index (χ3n) is 4.79. The van der Waals surface area contributed by atoms with Gasteiger partial charge in [0.15, 0.2) is 11.5 Å². The predicted molar refractivity (Wildman–Crippen MR) is 119 cm³/mol. The quantitative estimate of drug-likeness (QED) is 0.546. The molecule has 9 heteroatoms. The van der Waals surface area contributed by atoms with E-state index in [4.69, 9.17) is 19.2 Å². The average molecular weight is 442 g/mol. The summed E-state index contributed by atoms with van der Waals surface area (Å²) in [7, 11) is 4.67. The van der Waals surface area contributed by atoms with E-state index < -0.39 is 0 Å². The fourth-order valence-electron chi connectivity index (χ4n) is 3.08. The molecule has 2 aromatic carbocycles. The number of benzene rings is 2. The second kappa shape index (κ2) is 8.73. The number of phenolic OH excluding ortho intramolecular Hbond substituents is 2. The molecule has 0 saturated heterocycles. The number of hydrogen-bond acceptors (Lipinski definition) is 8. The van der Waals surface area contributed by atoms with Crippen molar-refractivity contribution in [2.45, 2.75) is 18.9 Å². The third-order valence-corrected chi connectivity index (χ3v) is 5.62. The fourth-order valence-corrected chi connectivity index (χ4v) is 3.98. The van der Waals surface area contributed by atoms with Crippen LogP contribution in [0.25, 0.3) is 11.3 Å². The summed E-state index contributed by atoms with van der Waals surface area (Å²) in [6, 6.07) is 8.39. The number of thiazole rings is 1. The van der Waals surface area contributed by atoms with Crippen molar-refractivity contribution in [2.24, 2.45) is 10.1 Å². The highest BCUT2D eigenvalue weighted by molar-refractivity contribution is 7.07. The Bertz CT molecular complexity index is 1170. The number of aromatic hydroxyl groups is 2. The molecule has 3 aromatic rings. The van der Waals surface area contributed by atoms with Gasteiger partial charge in [-0.05, 0) is 37.1 Å². The maximum Gasteiger partial charge on any atom is 0.206 e. The Morgan fingerprint density at radius 1 is 1.03 bits per heavy atom. The second-order valence-electron chi connectivity index (χ2n) is 6.98. The van der Waals surface area contributed by atoms with E-state index in [9.17, 15) is 10.2 Å². The van der Waals surface area contributed by atoms with Crippen molar-refractivity contribution >= 4 is 17.6 Å². The SMILES string of the molecule is COc1cc(/C=N/n2c(-c3ccc(O)cc3O)csc2=NC2CC2)cc(OC)c1OC. The molecule has 1 fully saturated rings. The van der Waals surface area contributed by atoms with Crippen LogP contribution in [0.15, 0.2) is 45.8 Å². The van der Waals surface area contributed by atoms with Gasteiger partial charge in [0.05, 0.1) is 39.3 Å². The van der Waals surface area contributed by atoms with E-state index >= 15 is 0 Å². The number of hydrogen-bond donors (Lipinski definition) is 2. The third kappa shape index (κ3) is 4.36. The van der Waals surface area contributed by atoms with Gasteiger partial charge < -0.3 is 24.4 Å². The molecule has 0 amide bonds. The molecule has 31 heavy (non-hydrogen) atoms. The Hall–Kier alpha value is -3.46. The van der Waals surface area contributed by atoms with Crippen molar-refractivity contribution in [2.75, 3.05) is 21.3 Å². The molecule has 162 valence electrons. The standard InChI is InChI=1S/C22H23N3O5S/c1-28-19-8-13(9-20(29-2)21(19)30-3)11-23-25-17(12-31-22(25)24-14-4-5-14)16-7-6-15(26)10-18(16)27/h6-12,14,26-27H,4-5H2,1-3H3/b23-11+,24-22?. The van der Waals surface area contributed by atoms with Crippen LogP contribution < -0.4 is 19.0 Å². The molecule has 1 aromatic heterocycles. The highest BCUT2D eigenvalue weighted by Gasteiger charge is 2.21. The minimum Gasteiger partial charge on any atom is -0.508 e. The van der Waals surface area contributed by atoms with Crippen LogP contribution in [0.3, 0.4) is 0 Å². The Kier molecular flexibility index (Phi) is 5.85. The van der Waals surface area contributed by atoms with Gasteiger partial charge in [-0.2, -0.15) is 5.10 Å². The Labute approximate surface area is 183 Å². The van der Waals surface area contributed by atoms with Gasteiger partial charge in [-0.3, -0.25) is 4.99 Å². The first-order valence-electron chi connectivity index (χ1n) is 9.65. The summed E-state index contributed by atoms with van der Waals surface area (Å²) in [5.74, 6) is 1.51. The molecule has 0 radical (unpaired) electrons. The van der Waals surface area contributed by atoms with Gasteiger partial charge in [-0.1, -0.05) is 0 Å². The molecule has 4 rings (SSSR count). The van der Waals surface area contributed by atoms with Gasteiger partial charge in [0, 0.05) is 22.6 Å².